The van der Waals surface area contributed by atoms with Crippen molar-refractivity contribution in [2.45, 2.75) is 45.2 Å². The first kappa shape index (κ1) is 15.7. The van der Waals surface area contributed by atoms with Gasteiger partial charge in [-0.15, -0.1) is 11.3 Å². The van der Waals surface area contributed by atoms with Gasteiger partial charge in [0.1, 0.15) is 0 Å². The highest BCUT2D eigenvalue weighted by Crippen LogP contribution is 2.28. The normalized spacial score (nSPS) is 13.4. The van der Waals surface area contributed by atoms with E-state index in [1.165, 1.54) is 14.9 Å². The first-order valence-electron chi connectivity index (χ1n) is 6.99. The molecule has 1 atom stereocenters. The summed E-state index contributed by atoms with van der Waals surface area (Å²) in [6, 6.07) is 13.5. The molecule has 1 heterocycles. The second kappa shape index (κ2) is 6.88. The fraction of sp³-hybridized carbons (Fsp3) is 0.412. The van der Waals surface area contributed by atoms with Crippen LogP contribution in [0.5, 0.6) is 0 Å². The predicted molar refractivity (Wildman–Crippen MR) is 92.4 cm³/mol. The molecule has 0 aliphatic carbocycles. The van der Waals surface area contributed by atoms with E-state index in [-0.39, 0.29) is 5.41 Å². The zero-order valence-corrected chi connectivity index (χ0v) is 14.7. The van der Waals surface area contributed by atoms with Crippen molar-refractivity contribution in [2.75, 3.05) is 0 Å². The lowest BCUT2D eigenvalue weighted by atomic mass is 9.79. The van der Waals surface area contributed by atoms with Crippen molar-refractivity contribution in [3.8, 4) is 0 Å². The topological polar surface area (TPSA) is 12.0 Å². The van der Waals surface area contributed by atoms with Gasteiger partial charge in [0.2, 0.25) is 0 Å². The lowest BCUT2D eigenvalue weighted by Crippen LogP contribution is -2.32. The molecule has 1 aromatic carbocycles. The summed E-state index contributed by atoms with van der Waals surface area (Å²) < 4.78 is 1.18. The monoisotopic (exact) mass is 351 g/mol. The fourth-order valence-electron chi connectivity index (χ4n) is 2.57. The summed E-state index contributed by atoms with van der Waals surface area (Å²) in [6.07, 6.45) is 1.13. The number of hydrogen-bond acceptors (Lipinski definition) is 2. The molecule has 0 bridgehead atoms. The summed E-state index contributed by atoms with van der Waals surface area (Å²) in [7, 11) is 0. The molecule has 1 N–H and O–H groups in total. The Balaban J connectivity index is 1.89. The van der Waals surface area contributed by atoms with E-state index >= 15 is 0 Å². The number of benzene rings is 1. The van der Waals surface area contributed by atoms with Crippen molar-refractivity contribution >= 4 is 27.3 Å². The Morgan fingerprint density at radius 1 is 1.25 bits per heavy atom. The molecule has 108 valence electrons. The highest BCUT2D eigenvalue weighted by Gasteiger charge is 2.22. The van der Waals surface area contributed by atoms with Crippen molar-refractivity contribution in [2.24, 2.45) is 0 Å². The maximum absolute atomic E-state index is 3.63. The van der Waals surface area contributed by atoms with Crippen LogP contribution in [0.4, 0.5) is 0 Å². The average Bonchev–Trinajstić information content (AvgIpc) is 2.83. The predicted octanol–water partition coefficient (Wildman–Crippen LogP) is 5.36. The van der Waals surface area contributed by atoms with Crippen LogP contribution in [-0.2, 0) is 12.0 Å². The average molecular weight is 352 g/mol. The Bertz CT molecular complexity index is 533. The molecule has 0 saturated carbocycles. The maximum atomic E-state index is 3.63. The summed E-state index contributed by atoms with van der Waals surface area (Å²) in [5, 5.41) is 5.76. The van der Waals surface area contributed by atoms with E-state index in [0.717, 1.165) is 13.0 Å². The minimum atomic E-state index is 0.198. The minimum Gasteiger partial charge on any atom is -0.309 e. The molecule has 0 saturated heterocycles. The quantitative estimate of drug-likeness (QED) is 0.738. The highest BCUT2D eigenvalue weighted by atomic mass is 79.9. The molecule has 0 fully saturated rings. The SMILES string of the molecule is CC(CC(C)(C)c1ccccc1)NCc1cc(Br)cs1. The number of rotatable bonds is 6. The molecular weight excluding hydrogens is 330 g/mol. The molecule has 0 aliphatic rings. The Hall–Kier alpha value is -0.640. The summed E-state index contributed by atoms with van der Waals surface area (Å²) in [4.78, 5) is 1.38. The molecule has 2 aromatic rings. The van der Waals surface area contributed by atoms with Gasteiger partial charge in [-0.3, -0.25) is 0 Å². The minimum absolute atomic E-state index is 0.198. The number of thiophene rings is 1. The summed E-state index contributed by atoms with van der Waals surface area (Å²) in [5.41, 5.74) is 1.61. The van der Waals surface area contributed by atoms with Crippen molar-refractivity contribution in [1.82, 2.24) is 5.32 Å². The molecule has 1 aromatic heterocycles. The van der Waals surface area contributed by atoms with Gasteiger partial charge in [0.05, 0.1) is 0 Å². The zero-order chi connectivity index (χ0) is 14.6. The molecule has 3 heteroatoms. The van der Waals surface area contributed by atoms with Crippen molar-refractivity contribution in [3.05, 3.63) is 56.7 Å². The Morgan fingerprint density at radius 2 is 1.95 bits per heavy atom. The Morgan fingerprint density at radius 3 is 2.55 bits per heavy atom. The standard InChI is InChI=1S/C17H22BrNS/c1-13(19-11-16-9-15(18)12-20-16)10-17(2,3)14-7-5-4-6-8-14/h4-9,12-13,19H,10-11H2,1-3H3. The van der Waals surface area contributed by atoms with Gasteiger partial charge in [-0.2, -0.15) is 0 Å². The second-order valence-corrected chi connectivity index (χ2v) is 7.88. The van der Waals surface area contributed by atoms with E-state index in [0.29, 0.717) is 6.04 Å². The van der Waals surface area contributed by atoms with E-state index in [4.69, 9.17) is 0 Å². The molecule has 1 unspecified atom stereocenters. The number of halogens is 1. The van der Waals surface area contributed by atoms with Crippen molar-refractivity contribution in [3.63, 3.8) is 0 Å². The van der Waals surface area contributed by atoms with Gasteiger partial charge < -0.3 is 5.32 Å². The van der Waals surface area contributed by atoms with Crippen LogP contribution in [0, 0.1) is 0 Å². The molecule has 0 radical (unpaired) electrons. The maximum Gasteiger partial charge on any atom is 0.0302 e. The van der Waals surface area contributed by atoms with Gasteiger partial charge in [0.15, 0.2) is 0 Å². The highest BCUT2D eigenvalue weighted by molar-refractivity contribution is 9.10. The molecule has 1 nitrogen and oxygen atoms in total. The van der Waals surface area contributed by atoms with Gasteiger partial charge >= 0.3 is 0 Å². The zero-order valence-electron chi connectivity index (χ0n) is 12.3. The molecule has 0 aliphatic heterocycles. The van der Waals surface area contributed by atoms with Crippen LogP contribution < -0.4 is 5.32 Å². The Kier molecular flexibility index (Phi) is 5.42. The third-order valence-electron chi connectivity index (χ3n) is 3.62. The van der Waals surface area contributed by atoms with Crippen LogP contribution in [0.2, 0.25) is 0 Å². The third kappa shape index (κ3) is 4.44. The van der Waals surface area contributed by atoms with Crippen LogP contribution in [-0.4, -0.2) is 6.04 Å². The largest absolute Gasteiger partial charge is 0.309 e. The van der Waals surface area contributed by atoms with Crippen LogP contribution in [0.1, 0.15) is 37.6 Å². The van der Waals surface area contributed by atoms with E-state index in [1.807, 2.05) is 0 Å². The van der Waals surface area contributed by atoms with E-state index in [9.17, 15) is 0 Å². The van der Waals surface area contributed by atoms with Gasteiger partial charge in [-0.25, -0.2) is 0 Å². The molecule has 20 heavy (non-hydrogen) atoms. The van der Waals surface area contributed by atoms with Gasteiger partial charge in [0, 0.05) is 27.3 Å². The molecule has 2 rings (SSSR count). The molecule has 0 amide bonds. The van der Waals surface area contributed by atoms with Gasteiger partial charge in [-0.1, -0.05) is 44.2 Å². The van der Waals surface area contributed by atoms with E-state index < -0.39 is 0 Å². The summed E-state index contributed by atoms with van der Waals surface area (Å²) in [5.74, 6) is 0. The first-order valence-corrected chi connectivity index (χ1v) is 8.66. The molecule has 0 spiro atoms. The van der Waals surface area contributed by atoms with Crippen molar-refractivity contribution in [1.29, 1.82) is 0 Å². The number of nitrogens with one attached hydrogen (secondary N) is 1. The molecular formula is C17H22BrNS. The summed E-state index contributed by atoms with van der Waals surface area (Å²) >= 11 is 5.30. The lowest BCUT2D eigenvalue weighted by Gasteiger charge is -2.29. The second-order valence-electron chi connectivity index (χ2n) is 5.97. The van der Waals surface area contributed by atoms with Crippen LogP contribution in [0.25, 0.3) is 0 Å². The van der Waals surface area contributed by atoms with Crippen LogP contribution in [0.15, 0.2) is 46.3 Å². The summed E-state index contributed by atoms with van der Waals surface area (Å²) in [6.45, 7) is 7.86. The van der Waals surface area contributed by atoms with Gasteiger partial charge in [0.25, 0.3) is 0 Å². The van der Waals surface area contributed by atoms with Gasteiger partial charge in [-0.05, 0) is 46.3 Å². The van der Waals surface area contributed by atoms with Crippen molar-refractivity contribution < 1.29 is 0 Å². The number of hydrogen-bond donors (Lipinski definition) is 1. The van der Waals surface area contributed by atoms with E-state index in [1.54, 1.807) is 11.3 Å². The third-order valence-corrected chi connectivity index (χ3v) is 5.32. The van der Waals surface area contributed by atoms with E-state index in [2.05, 4.69) is 83.8 Å². The van der Waals surface area contributed by atoms with Crippen LogP contribution in [0.3, 0.4) is 0 Å². The first-order chi connectivity index (χ1) is 9.47. The van der Waals surface area contributed by atoms with Crippen LogP contribution >= 0.6 is 27.3 Å². The Labute approximate surface area is 134 Å². The smallest absolute Gasteiger partial charge is 0.0302 e. The lowest BCUT2D eigenvalue weighted by molar-refractivity contribution is 0.389. The fourth-order valence-corrected chi connectivity index (χ4v) is 3.97.